The van der Waals surface area contributed by atoms with Crippen molar-refractivity contribution in [3.05, 3.63) is 211 Å². The molecule has 0 radical (unpaired) electrons. The zero-order chi connectivity index (χ0) is 35.1. The third-order valence-electron chi connectivity index (χ3n) is 10.5. The maximum absolute atomic E-state index is 2.47. The quantitative estimate of drug-likeness (QED) is 0.152. The molecule has 3 heteroatoms. The molecule has 0 aliphatic heterocycles. The Morgan fingerprint density at radius 1 is 0.396 bits per heavy atom. The molecule has 0 aliphatic rings. The van der Waals surface area contributed by atoms with Crippen LogP contribution in [0.15, 0.2) is 194 Å². The number of hydrogen-bond donors (Lipinski definition) is 0. The largest absolute Gasteiger partial charge is 0.310 e. The highest BCUT2D eigenvalue weighted by Crippen LogP contribution is 2.45. The second-order valence-corrected chi connectivity index (χ2v) is 15.9. The van der Waals surface area contributed by atoms with Crippen molar-refractivity contribution in [1.29, 1.82) is 0 Å². The van der Waals surface area contributed by atoms with Gasteiger partial charge in [0.25, 0.3) is 0 Å². The average molecular weight is 714 g/mol. The Hall–Kier alpha value is -6.00. The van der Waals surface area contributed by atoms with Crippen LogP contribution in [0.5, 0.6) is 0 Å². The highest BCUT2D eigenvalue weighted by Gasteiger charge is 2.21. The number of hydrogen-bond acceptors (Lipinski definition) is 3. The molecule has 252 valence electrons. The zero-order valence-corrected chi connectivity index (χ0v) is 30.7. The molecule has 8 aromatic carbocycles. The van der Waals surface area contributed by atoms with E-state index in [1.165, 1.54) is 73.8 Å². The smallest absolute Gasteiger partial charge is 0.0554 e. The van der Waals surface area contributed by atoms with E-state index in [0.717, 1.165) is 17.8 Å². The monoisotopic (exact) mass is 713 g/mol. The fourth-order valence-electron chi connectivity index (χ4n) is 7.91. The van der Waals surface area contributed by atoms with Crippen LogP contribution in [0.25, 0.3) is 51.5 Å². The summed E-state index contributed by atoms with van der Waals surface area (Å²) >= 11 is 3.78. The second-order valence-electron chi connectivity index (χ2n) is 13.7. The second kappa shape index (κ2) is 13.5. The van der Waals surface area contributed by atoms with Crippen molar-refractivity contribution < 1.29 is 0 Å². The normalized spacial score (nSPS) is 12.2. The number of nitrogens with zero attached hydrogens (tertiary/aromatic N) is 1. The van der Waals surface area contributed by atoms with E-state index in [4.69, 9.17) is 0 Å². The highest BCUT2D eigenvalue weighted by molar-refractivity contribution is 7.26. The van der Waals surface area contributed by atoms with E-state index in [1.54, 1.807) is 0 Å². The third kappa shape index (κ3) is 5.89. The minimum Gasteiger partial charge on any atom is -0.310 e. The van der Waals surface area contributed by atoms with Crippen molar-refractivity contribution in [2.24, 2.45) is 0 Å². The minimum atomic E-state index is 0.196. The standard InChI is InChI=1S/C50H35NS2/c1-4-13-35(14-5-1)36-24-26-37(27-25-36)43(38-28-29-42-41-19-10-11-21-46(41)53-49(42)33-38)31-34-23-30-47-44(32-34)50-45(20-12-22-48(50)52-47)51(39-15-6-2-7-16-39)40-17-8-3-9-18-40/h1-30,32-33,43H,31H2/t43-/m1/s1. The Labute approximate surface area is 317 Å². The predicted molar refractivity (Wildman–Crippen MR) is 231 cm³/mol. The summed E-state index contributed by atoms with van der Waals surface area (Å²) in [6.45, 7) is 0. The van der Waals surface area contributed by atoms with Crippen molar-refractivity contribution >= 4 is 80.1 Å². The van der Waals surface area contributed by atoms with Gasteiger partial charge in [-0.05, 0) is 94.9 Å². The summed E-state index contributed by atoms with van der Waals surface area (Å²) in [5, 5.41) is 5.30. The molecule has 1 nitrogen and oxygen atoms in total. The van der Waals surface area contributed by atoms with Crippen molar-refractivity contribution in [3.63, 3.8) is 0 Å². The molecule has 2 aromatic heterocycles. The van der Waals surface area contributed by atoms with Gasteiger partial charge < -0.3 is 4.90 Å². The Morgan fingerprint density at radius 2 is 0.981 bits per heavy atom. The molecule has 0 N–H and O–H groups in total. The first-order chi connectivity index (χ1) is 26.3. The fraction of sp³-hybridized carbons (Fsp3) is 0.0400. The molecule has 0 saturated heterocycles. The van der Waals surface area contributed by atoms with Gasteiger partial charge in [0.05, 0.1) is 5.69 Å². The van der Waals surface area contributed by atoms with E-state index in [2.05, 4.69) is 199 Å². The molecular weight excluding hydrogens is 679 g/mol. The summed E-state index contributed by atoms with van der Waals surface area (Å²) in [7, 11) is 0. The van der Waals surface area contributed by atoms with Crippen LogP contribution < -0.4 is 4.90 Å². The van der Waals surface area contributed by atoms with Crippen LogP contribution in [-0.4, -0.2) is 0 Å². The SMILES string of the molecule is c1ccc(-c2ccc([C@@H](Cc3ccc4sc5cccc(N(c6ccccc6)c6ccccc6)c5c4c3)c3ccc4c(c3)sc3ccccc34)cc2)cc1. The van der Waals surface area contributed by atoms with Crippen LogP contribution in [0.4, 0.5) is 17.1 Å². The van der Waals surface area contributed by atoms with Crippen molar-refractivity contribution in [2.75, 3.05) is 4.90 Å². The number of anilines is 3. The van der Waals surface area contributed by atoms with E-state index >= 15 is 0 Å². The van der Waals surface area contributed by atoms with E-state index in [-0.39, 0.29) is 5.92 Å². The average Bonchev–Trinajstić information content (AvgIpc) is 3.79. The van der Waals surface area contributed by atoms with Crippen LogP contribution in [0, 0.1) is 0 Å². The molecule has 0 fully saturated rings. The number of benzene rings is 8. The van der Waals surface area contributed by atoms with Crippen LogP contribution in [0.3, 0.4) is 0 Å². The lowest BCUT2D eigenvalue weighted by molar-refractivity contribution is 0.808. The van der Waals surface area contributed by atoms with E-state index in [9.17, 15) is 0 Å². The topological polar surface area (TPSA) is 3.24 Å². The Kier molecular flexibility index (Phi) is 8.09. The van der Waals surface area contributed by atoms with Gasteiger partial charge in [-0.25, -0.2) is 0 Å². The molecule has 0 saturated carbocycles. The Bertz CT molecular complexity index is 2810. The van der Waals surface area contributed by atoms with Crippen LogP contribution in [0.1, 0.15) is 22.6 Å². The van der Waals surface area contributed by atoms with Gasteiger partial charge in [0.1, 0.15) is 0 Å². The molecule has 0 amide bonds. The van der Waals surface area contributed by atoms with Gasteiger partial charge >= 0.3 is 0 Å². The van der Waals surface area contributed by atoms with Gasteiger partial charge in [0.2, 0.25) is 0 Å². The molecule has 2 heterocycles. The van der Waals surface area contributed by atoms with Gasteiger partial charge in [0, 0.05) is 57.6 Å². The van der Waals surface area contributed by atoms with Crippen molar-refractivity contribution in [2.45, 2.75) is 12.3 Å². The van der Waals surface area contributed by atoms with E-state index < -0.39 is 0 Å². The highest BCUT2D eigenvalue weighted by atomic mass is 32.1. The minimum absolute atomic E-state index is 0.196. The summed E-state index contributed by atoms with van der Waals surface area (Å²) < 4.78 is 5.30. The van der Waals surface area contributed by atoms with Crippen LogP contribution in [0.2, 0.25) is 0 Å². The van der Waals surface area contributed by atoms with E-state index in [1.807, 2.05) is 22.7 Å². The lowest BCUT2D eigenvalue weighted by atomic mass is 9.84. The molecule has 1 atom stereocenters. The first-order valence-corrected chi connectivity index (χ1v) is 19.8. The van der Waals surface area contributed by atoms with Crippen molar-refractivity contribution in [3.8, 4) is 11.1 Å². The molecule has 0 unspecified atom stereocenters. The Morgan fingerprint density at radius 3 is 1.74 bits per heavy atom. The molecule has 10 aromatic rings. The maximum atomic E-state index is 2.47. The van der Waals surface area contributed by atoms with Gasteiger partial charge in [0.15, 0.2) is 0 Å². The third-order valence-corrected chi connectivity index (χ3v) is 12.7. The van der Waals surface area contributed by atoms with Gasteiger partial charge in [-0.15, -0.1) is 22.7 Å². The van der Waals surface area contributed by atoms with Crippen LogP contribution >= 0.6 is 22.7 Å². The summed E-state index contributed by atoms with van der Waals surface area (Å²) in [4.78, 5) is 2.40. The number of fused-ring (bicyclic) bond motifs is 6. The number of thiophene rings is 2. The van der Waals surface area contributed by atoms with Crippen molar-refractivity contribution in [1.82, 2.24) is 0 Å². The van der Waals surface area contributed by atoms with Gasteiger partial charge in [-0.3, -0.25) is 0 Å². The number of rotatable bonds is 8. The zero-order valence-electron chi connectivity index (χ0n) is 29.0. The van der Waals surface area contributed by atoms with Gasteiger partial charge in [-0.2, -0.15) is 0 Å². The predicted octanol–water partition coefficient (Wildman–Crippen LogP) is 14.9. The maximum Gasteiger partial charge on any atom is 0.0554 e. The fourth-order valence-corrected chi connectivity index (χ4v) is 10.2. The van der Waals surface area contributed by atoms with Gasteiger partial charge in [-0.1, -0.05) is 133 Å². The lowest BCUT2D eigenvalue weighted by Crippen LogP contribution is -2.10. The van der Waals surface area contributed by atoms with E-state index in [0.29, 0.717) is 0 Å². The van der Waals surface area contributed by atoms with Crippen LogP contribution in [-0.2, 0) is 6.42 Å². The Balaban J connectivity index is 1.10. The molecular formula is C50H35NS2. The molecule has 53 heavy (non-hydrogen) atoms. The first kappa shape index (κ1) is 31.7. The summed E-state index contributed by atoms with van der Waals surface area (Å²) in [5.41, 5.74) is 10.0. The summed E-state index contributed by atoms with van der Waals surface area (Å²) in [5.74, 6) is 0.196. The molecule has 0 aliphatic carbocycles. The number of para-hydroxylation sites is 2. The molecule has 0 spiro atoms. The summed E-state index contributed by atoms with van der Waals surface area (Å²) in [6, 6.07) is 71.3. The summed E-state index contributed by atoms with van der Waals surface area (Å²) in [6.07, 6.45) is 0.900. The lowest BCUT2D eigenvalue weighted by Gasteiger charge is -2.26. The first-order valence-electron chi connectivity index (χ1n) is 18.2. The molecule has 0 bridgehead atoms. The molecule has 10 rings (SSSR count).